The Labute approximate surface area is 109 Å². The number of oxime groups is 1. The Morgan fingerprint density at radius 2 is 2.22 bits per heavy atom. The quantitative estimate of drug-likeness (QED) is 0.351. The molecule has 4 nitrogen and oxygen atoms in total. The molecule has 1 atom stereocenters. The van der Waals surface area contributed by atoms with Gasteiger partial charge in [-0.15, -0.1) is 0 Å². The van der Waals surface area contributed by atoms with Gasteiger partial charge in [-0.05, 0) is 19.0 Å². The van der Waals surface area contributed by atoms with Crippen LogP contribution in [-0.2, 0) is 6.54 Å². The molecule has 0 saturated heterocycles. The average molecular weight is 249 g/mol. The van der Waals surface area contributed by atoms with Crippen molar-refractivity contribution in [3.8, 4) is 0 Å². The first-order chi connectivity index (χ1) is 8.56. The fourth-order valence-corrected chi connectivity index (χ4v) is 1.95. The van der Waals surface area contributed by atoms with E-state index in [2.05, 4.69) is 48.2 Å². The maximum atomic E-state index is 8.66. The van der Waals surface area contributed by atoms with Crippen molar-refractivity contribution in [2.75, 3.05) is 13.1 Å². The van der Waals surface area contributed by atoms with Crippen LogP contribution in [0.5, 0.6) is 0 Å². The zero-order chi connectivity index (χ0) is 13.5. The molecule has 1 unspecified atom stereocenters. The van der Waals surface area contributed by atoms with Gasteiger partial charge in [0.25, 0.3) is 0 Å². The molecule has 0 amide bonds. The molecular formula is C14H23N3O. The molecule has 0 aliphatic heterocycles. The second kappa shape index (κ2) is 7.01. The fraction of sp³-hybridized carbons (Fsp3) is 0.500. The third-order valence-corrected chi connectivity index (χ3v) is 3.09. The maximum Gasteiger partial charge on any atom is 0.143 e. The molecule has 0 saturated carbocycles. The lowest BCUT2D eigenvalue weighted by molar-refractivity contribution is 0.257. The average Bonchev–Trinajstić information content (AvgIpc) is 2.36. The number of rotatable bonds is 6. The van der Waals surface area contributed by atoms with Crippen LogP contribution in [0.3, 0.4) is 0 Å². The molecular weight excluding hydrogens is 226 g/mol. The van der Waals surface area contributed by atoms with E-state index < -0.39 is 0 Å². The smallest absolute Gasteiger partial charge is 0.143 e. The standard InChI is InChI=1S/C14H23N3O/c1-4-17(9-12(3)14(15)16-18)10-13-7-5-6-11(2)8-13/h5-8,12,18H,4,9-10H2,1-3H3,(H2,15,16). The van der Waals surface area contributed by atoms with Crippen molar-refractivity contribution in [3.05, 3.63) is 35.4 Å². The van der Waals surface area contributed by atoms with Crippen LogP contribution in [-0.4, -0.2) is 29.0 Å². The van der Waals surface area contributed by atoms with Gasteiger partial charge in [0.1, 0.15) is 5.84 Å². The molecule has 18 heavy (non-hydrogen) atoms. The summed E-state index contributed by atoms with van der Waals surface area (Å²) in [6.45, 7) is 8.81. The Balaban J connectivity index is 2.62. The van der Waals surface area contributed by atoms with Gasteiger partial charge in [0.05, 0.1) is 0 Å². The number of nitrogens with zero attached hydrogens (tertiary/aromatic N) is 2. The topological polar surface area (TPSA) is 61.8 Å². The second-order valence-corrected chi connectivity index (χ2v) is 4.74. The molecule has 0 bridgehead atoms. The van der Waals surface area contributed by atoms with Crippen molar-refractivity contribution in [2.24, 2.45) is 16.8 Å². The number of amidine groups is 1. The molecule has 1 aromatic rings. The van der Waals surface area contributed by atoms with Gasteiger partial charge in [-0.3, -0.25) is 4.90 Å². The first-order valence-corrected chi connectivity index (χ1v) is 6.32. The van der Waals surface area contributed by atoms with Gasteiger partial charge in [0.15, 0.2) is 0 Å². The van der Waals surface area contributed by atoms with E-state index in [1.54, 1.807) is 0 Å². The first-order valence-electron chi connectivity index (χ1n) is 6.32. The Hall–Kier alpha value is -1.55. The van der Waals surface area contributed by atoms with Crippen molar-refractivity contribution in [3.63, 3.8) is 0 Å². The van der Waals surface area contributed by atoms with Crippen molar-refractivity contribution >= 4 is 5.84 Å². The number of nitrogens with two attached hydrogens (primary N) is 1. The molecule has 4 heteroatoms. The maximum absolute atomic E-state index is 8.66. The molecule has 100 valence electrons. The summed E-state index contributed by atoms with van der Waals surface area (Å²) in [6, 6.07) is 8.49. The monoisotopic (exact) mass is 249 g/mol. The van der Waals surface area contributed by atoms with E-state index in [-0.39, 0.29) is 11.8 Å². The van der Waals surface area contributed by atoms with Gasteiger partial charge in [-0.2, -0.15) is 0 Å². The Bertz CT molecular complexity index is 404. The Morgan fingerprint density at radius 3 is 2.78 bits per heavy atom. The molecule has 0 heterocycles. The summed E-state index contributed by atoms with van der Waals surface area (Å²) in [5, 5.41) is 11.7. The number of benzene rings is 1. The predicted octanol–water partition coefficient (Wildman–Crippen LogP) is 2.20. The van der Waals surface area contributed by atoms with Crippen molar-refractivity contribution in [1.29, 1.82) is 0 Å². The molecule has 1 rings (SSSR count). The molecule has 0 aromatic heterocycles. The predicted molar refractivity (Wildman–Crippen MR) is 74.7 cm³/mol. The van der Waals surface area contributed by atoms with Gasteiger partial charge in [0, 0.05) is 19.0 Å². The third kappa shape index (κ3) is 4.37. The van der Waals surface area contributed by atoms with E-state index in [9.17, 15) is 0 Å². The summed E-state index contributed by atoms with van der Waals surface area (Å²) in [5.74, 6) is 0.345. The summed E-state index contributed by atoms with van der Waals surface area (Å²) in [7, 11) is 0. The van der Waals surface area contributed by atoms with Crippen LogP contribution in [0, 0.1) is 12.8 Å². The Kier molecular flexibility index (Phi) is 5.65. The highest BCUT2D eigenvalue weighted by atomic mass is 16.4. The lowest BCUT2D eigenvalue weighted by Gasteiger charge is -2.23. The summed E-state index contributed by atoms with van der Waals surface area (Å²) in [6.07, 6.45) is 0. The van der Waals surface area contributed by atoms with E-state index in [1.807, 2.05) is 6.92 Å². The summed E-state index contributed by atoms with van der Waals surface area (Å²) in [5.41, 5.74) is 8.18. The van der Waals surface area contributed by atoms with Crippen LogP contribution in [0.2, 0.25) is 0 Å². The largest absolute Gasteiger partial charge is 0.409 e. The molecule has 0 fully saturated rings. The molecule has 0 aliphatic carbocycles. The van der Waals surface area contributed by atoms with Crippen LogP contribution in [0.1, 0.15) is 25.0 Å². The van der Waals surface area contributed by atoms with E-state index in [1.165, 1.54) is 11.1 Å². The van der Waals surface area contributed by atoms with Crippen molar-refractivity contribution in [2.45, 2.75) is 27.3 Å². The lowest BCUT2D eigenvalue weighted by atomic mass is 10.1. The van der Waals surface area contributed by atoms with Gasteiger partial charge >= 0.3 is 0 Å². The minimum Gasteiger partial charge on any atom is -0.409 e. The molecule has 0 aliphatic rings. The lowest BCUT2D eigenvalue weighted by Crippen LogP contribution is -2.34. The van der Waals surface area contributed by atoms with E-state index >= 15 is 0 Å². The van der Waals surface area contributed by atoms with Gasteiger partial charge in [0.2, 0.25) is 0 Å². The summed E-state index contributed by atoms with van der Waals surface area (Å²) >= 11 is 0. The van der Waals surface area contributed by atoms with Gasteiger partial charge < -0.3 is 10.9 Å². The van der Waals surface area contributed by atoms with Crippen LogP contribution < -0.4 is 5.73 Å². The normalized spacial score (nSPS) is 13.9. The SMILES string of the molecule is CCN(Cc1cccc(C)c1)CC(C)/C(N)=N/O. The zero-order valence-corrected chi connectivity index (χ0v) is 11.4. The number of hydrogen-bond acceptors (Lipinski definition) is 3. The van der Waals surface area contributed by atoms with Crippen LogP contribution in [0.15, 0.2) is 29.4 Å². The molecule has 0 radical (unpaired) electrons. The third-order valence-electron chi connectivity index (χ3n) is 3.09. The van der Waals surface area contributed by atoms with E-state index in [0.717, 1.165) is 19.6 Å². The van der Waals surface area contributed by atoms with Gasteiger partial charge in [-0.25, -0.2) is 0 Å². The highest BCUT2D eigenvalue weighted by molar-refractivity contribution is 5.82. The summed E-state index contributed by atoms with van der Waals surface area (Å²) < 4.78 is 0. The van der Waals surface area contributed by atoms with Gasteiger partial charge in [-0.1, -0.05) is 48.8 Å². The van der Waals surface area contributed by atoms with Crippen LogP contribution >= 0.6 is 0 Å². The van der Waals surface area contributed by atoms with E-state index in [4.69, 9.17) is 10.9 Å². The minimum absolute atomic E-state index is 0.0553. The zero-order valence-electron chi connectivity index (χ0n) is 11.4. The van der Waals surface area contributed by atoms with Crippen molar-refractivity contribution < 1.29 is 5.21 Å². The number of aryl methyl sites for hydroxylation is 1. The highest BCUT2D eigenvalue weighted by Crippen LogP contribution is 2.09. The molecule has 3 N–H and O–H groups in total. The van der Waals surface area contributed by atoms with E-state index in [0.29, 0.717) is 0 Å². The summed E-state index contributed by atoms with van der Waals surface area (Å²) in [4.78, 5) is 2.29. The minimum atomic E-state index is 0.0553. The van der Waals surface area contributed by atoms with Crippen LogP contribution in [0.25, 0.3) is 0 Å². The van der Waals surface area contributed by atoms with Crippen molar-refractivity contribution in [1.82, 2.24) is 4.90 Å². The molecule has 0 spiro atoms. The van der Waals surface area contributed by atoms with Crippen LogP contribution in [0.4, 0.5) is 0 Å². The fourth-order valence-electron chi connectivity index (χ4n) is 1.95. The first kappa shape index (κ1) is 14.5. The Morgan fingerprint density at radius 1 is 1.50 bits per heavy atom. The molecule has 1 aromatic carbocycles. The number of hydrogen-bond donors (Lipinski definition) is 2. The highest BCUT2D eigenvalue weighted by Gasteiger charge is 2.12. The second-order valence-electron chi connectivity index (χ2n) is 4.74.